The van der Waals surface area contributed by atoms with Crippen LogP contribution in [0.5, 0.6) is 0 Å². The van der Waals surface area contributed by atoms with Gasteiger partial charge in [-0.1, -0.05) is 36.4 Å². The summed E-state index contributed by atoms with van der Waals surface area (Å²) >= 11 is 3.34. The summed E-state index contributed by atoms with van der Waals surface area (Å²) in [6.45, 7) is 1.84. The Bertz CT molecular complexity index is 1000. The first-order chi connectivity index (χ1) is 13.6. The first-order valence-corrected chi connectivity index (χ1v) is 10.1. The minimum Gasteiger partial charge on any atom is -0.383 e. The van der Waals surface area contributed by atoms with Gasteiger partial charge in [-0.05, 0) is 52.5 Å². The molecule has 0 saturated carbocycles. The highest BCUT2D eigenvalue weighted by Crippen LogP contribution is 2.29. The summed E-state index contributed by atoms with van der Waals surface area (Å²) < 4.78 is 0.711. The van der Waals surface area contributed by atoms with Gasteiger partial charge in [0, 0.05) is 32.5 Å². The van der Waals surface area contributed by atoms with Crippen LogP contribution in [0.2, 0.25) is 0 Å². The van der Waals surface area contributed by atoms with Gasteiger partial charge in [-0.15, -0.1) is 0 Å². The molecule has 0 bridgehead atoms. The van der Waals surface area contributed by atoms with Gasteiger partial charge in [-0.2, -0.15) is 0 Å². The number of benzene rings is 1. The van der Waals surface area contributed by atoms with E-state index in [1.54, 1.807) is 18.3 Å². The molecule has 1 saturated heterocycles. The van der Waals surface area contributed by atoms with Crippen LogP contribution in [0.3, 0.4) is 0 Å². The van der Waals surface area contributed by atoms with Crippen molar-refractivity contribution in [2.75, 3.05) is 23.7 Å². The van der Waals surface area contributed by atoms with Crippen LogP contribution in [0, 0.1) is 0 Å². The quantitative estimate of drug-likeness (QED) is 0.582. The van der Waals surface area contributed by atoms with E-state index in [1.165, 1.54) is 12.0 Å². The fraction of sp³-hybridized carbons (Fsp3) is 0.227. The normalized spacial score (nSPS) is 16.8. The van der Waals surface area contributed by atoms with E-state index in [0.717, 1.165) is 25.3 Å². The molecule has 0 amide bonds. The Balaban J connectivity index is 0.00000160. The smallest absolute Gasteiger partial charge is 0.215 e. The number of hydrogen-bond donors (Lipinski definition) is 1. The van der Waals surface area contributed by atoms with Crippen molar-refractivity contribution in [2.45, 2.75) is 18.8 Å². The van der Waals surface area contributed by atoms with Crippen LogP contribution in [-0.2, 0) is 0 Å². The third-order valence-corrected chi connectivity index (χ3v) is 5.55. The molecule has 1 atom stereocenters. The molecule has 5 nitrogen and oxygen atoms in total. The molecular weight excluding hydrogens is 416 g/mol. The van der Waals surface area contributed by atoms with E-state index >= 15 is 0 Å². The Hall–Kier alpha value is -2.73. The van der Waals surface area contributed by atoms with E-state index in [-0.39, 0.29) is 14.5 Å². The van der Waals surface area contributed by atoms with E-state index < -0.39 is 0 Å². The predicted octanol–water partition coefficient (Wildman–Crippen LogP) is 4.93. The third kappa shape index (κ3) is 3.92. The zero-order valence-electron chi connectivity index (χ0n) is 15.4. The van der Waals surface area contributed by atoms with Crippen LogP contribution in [0.25, 0.3) is 0 Å². The fourth-order valence-electron chi connectivity index (χ4n) is 3.68. The predicted molar refractivity (Wildman–Crippen MR) is 119 cm³/mol. The van der Waals surface area contributed by atoms with Crippen LogP contribution in [0.1, 0.15) is 43.2 Å². The maximum atomic E-state index is 12.9. The van der Waals surface area contributed by atoms with Crippen molar-refractivity contribution in [3.05, 3.63) is 82.1 Å². The number of carbonyl (C=O) groups is 1. The van der Waals surface area contributed by atoms with Gasteiger partial charge in [0.2, 0.25) is 5.78 Å². The molecule has 1 aliphatic rings. The second kappa shape index (κ2) is 8.10. The number of ketones is 1. The molecule has 146 valence electrons. The summed E-state index contributed by atoms with van der Waals surface area (Å²) in [6, 6.07) is 17.8. The molecule has 0 spiro atoms. The molecule has 0 aliphatic carbocycles. The number of nitrogen functional groups attached to an aromatic ring is 1. The Morgan fingerprint density at radius 2 is 2.00 bits per heavy atom. The van der Waals surface area contributed by atoms with Gasteiger partial charge in [0.25, 0.3) is 0 Å². The second-order valence-electron chi connectivity index (χ2n) is 6.99. The number of pyridine rings is 2. The van der Waals surface area contributed by atoms with Crippen LogP contribution >= 0.6 is 15.9 Å². The summed E-state index contributed by atoms with van der Waals surface area (Å²) in [5, 5.41) is 0. The lowest BCUT2D eigenvalue weighted by atomic mass is 9.91. The summed E-state index contributed by atoms with van der Waals surface area (Å²) in [6.07, 6.45) is 3.84. The Kier molecular flexibility index (Phi) is 5.39. The zero-order chi connectivity index (χ0) is 19.5. The van der Waals surface area contributed by atoms with Crippen LogP contribution in [-0.4, -0.2) is 28.8 Å². The highest BCUT2D eigenvalue weighted by molar-refractivity contribution is 9.10. The number of halogens is 1. The highest BCUT2D eigenvalue weighted by atomic mass is 79.9. The van der Waals surface area contributed by atoms with Gasteiger partial charge in [0.15, 0.2) is 0 Å². The Morgan fingerprint density at radius 3 is 2.82 bits per heavy atom. The van der Waals surface area contributed by atoms with E-state index in [1.807, 2.05) is 18.2 Å². The maximum absolute atomic E-state index is 12.9. The number of aromatic nitrogens is 2. The molecule has 3 aromatic rings. The largest absolute Gasteiger partial charge is 0.383 e. The summed E-state index contributed by atoms with van der Waals surface area (Å²) in [7, 11) is 0. The van der Waals surface area contributed by atoms with Gasteiger partial charge in [-0.25, -0.2) is 9.97 Å². The van der Waals surface area contributed by atoms with Crippen LogP contribution in [0.4, 0.5) is 11.6 Å². The molecule has 3 heterocycles. The molecule has 2 aromatic heterocycles. The first-order valence-electron chi connectivity index (χ1n) is 9.34. The van der Waals surface area contributed by atoms with Crippen molar-refractivity contribution < 1.29 is 7.65 Å². The molecule has 6 heteroatoms. The Labute approximate surface area is 175 Å². The number of rotatable bonds is 4. The van der Waals surface area contributed by atoms with Crippen LogP contribution in [0.15, 0.2) is 65.3 Å². The van der Waals surface area contributed by atoms with E-state index in [4.69, 9.17) is 5.73 Å². The first kappa shape index (κ1) is 18.6. The fourth-order valence-corrected chi connectivity index (χ4v) is 4.01. The maximum Gasteiger partial charge on any atom is 0.215 e. The number of piperidine rings is 1. The van der Waals surface area contributed by atoms with Crippen molar-refractivity contribution >= 4 is 33.3 Å². The lowest BCUT2D eigenvalue weighted by molar-refractivity contribution is 0.103. The molecule has 2 N–H and O–H groups in total. The van der Waals surface area contributed by atoms with Crippen molar-refractivity contribution in [3.63, 3.8) is 0 Å². The molecule has 0 radical (unpaired) electrons. The van der Waals surface area contributed by atoms with Crippen molar-refractivity contribution in [1.82, 2.24) is 9.97 Å². The number of carbonyl (C=O) groups excluding carboxylic acids is 1. The third-order valence-electron chi connectivity index (χ3n) is 5.11. The van der Waals surface area contributed by atoms with E-state index in [0.29, 0.717) is 21.6 Å². The number of nitrogens with zero attached hydrogens (tertiary/aromatic N) is 3. The average Bonchev–Trinajstić information content (AvgIpc) is 2.76. The minimum atomic E-state index is -0.218. The topological polar surface area (TPSA) is 72.1 Å². The van der Waals surface area contributed by atoms with Gasteiger partial charge in [0.1, 0.15) is 17.3 Å². The van der Waals surface area contributed by atoms with Gasteiger partial charge < -0.3 is 10.6 Å². The van der Waals surface area contributed by atoms with Crippen molar-refractivity contribution in [3.8, 4) is 0 Å². The van der Waals surface area contributed by atoms with Gasteiger partial charge in [0.05, 0.1) is 5.56 Å². The molecule has 28 heavy (non-hydrogen) atoms. The minimum absolute atomic E-state index is 0. The van der Waals surface area contributed by atoms with Gasteiger partial charge in [-0.3, -0.25) is 4.79 Å². The second-order valence-corrected chi connectivity index (χ2v) is 7.91. The van der Waals surface area contributed by atoms with E-state index in [9.17, 15) is 4.79 Å². The average molecular weight is 441 g/mol. The summed E-state index contributed by atoms with van der Waals surface area (Å²) in [5.74, 6) is 1.29. The monoisotopic (exact) mass is 440 g/mol. The standard InChI is InChI=1S/C22H21BrN4O.2H2/c23-17-12-18(22(24)25-13-17)21(28)19-9-4-10-20(26-19)27-11-5-8-16(14-27)15-6-2-1-3-7-15;;/h1-4,6-7,9-10,12-13,16H,5,8,11,14H2,(H2,24,25);2*1H. The molecule has 4 rings (SSSR count). The molecule has 1 fully saturated rings. The molecule has 1 aliphatic heterocycles. The lowest BCUT2D eigenvalue weighted by Gasteiger charge is -2.34. The number of nitrogens with two attached hydrogens (primary N) is 1. The number of hydrogen-bond acceptors (Lipinski definition) is 5. The molecular formula is C22H25BrN4O. The van der Waals surface area contributed by atoms with Crippen LogP contribution < -0.4 is 10.6 Å². The molecule has 1 aromatic carbocycles. The van der Waals surface area contributed by atoms with Crippen molar-refractivity contribution in [1.29, 1.82) is 0 Å². The molecule has 1 unspecified atom stereocenters. The lowest BCUT2D eigenvalue weighted by Crippen LogP contribution is -2.35. The SMILES string of the molecule is Nc1ncc(Br)cc1C(=O)c1cccc(N2CCCC(c3ccccc3)C2)n1.[HH].[HH]. The van der Waals surface area contributed by atoms with E-state index in [2.05, 4.69) is 55.1 Å². The van der Waals surface area contributed by atoms with Gasteiger partial charge >= 0.3 is 0 Å². The summed E-state index contributed by atoms with van der Waals surface area (Å²) in [4.78, 5) is 23.9. The highest BCUT2D eigenvalue weighted by Gasteiger charge is 2.23. The zero-order valence-corrected chi connectivity index (χ0v) is 17.0. The van der Waals surface area contributed by atoms with Crippen molar-refractivity contribution in [2.24, 2.45) is 0 Å². The number of anilines is 2. The summed E-state index contributed by atoms with van der Waals surface area (Å²) in [5.41, 5.74) is 8.00. The Morgan fingerprint density at radius 1 is 1.18 bits per heavy atom.